The fraction of sp³-hybridized carbons (Fsp3) is 0.200. The molecule has 0 aliphatic carbocycles. The summed E-state index contributed by atoms with van der Waals surface area (Å²) in [7, 11) is 0. The first kappa shape index (κ1) is 20.6. The van der Waals surface area contributed by atoms with E-state index in [1.807, 2.05) is 0 Å². The second kappa shape index (κ2) is 9.86. The van der Waals surface area contributed by atoms with Crippen LogP contribution in [-0.2, 0) is 19.1 Å². The van der Waals surface area contributed by atoms with Crippen LogP contribution in [0.1, 0.15) is 30.6 Å². The van der Waals surface area contributed by atoms with Crippen molar-refractivity contribution in [2.75, 3.05) is 22.6 Å². The van der Waals surface area contributed by atoms with Gasteiger partial charge in [-0.1, -0.05) is 6.07 Å². The van der Waals surface area contributed by atoms with Crippen LogP contribution >= 0.6 is 0 Å². The number of esters is 1. The minimum Gasteiger partial charge on any atom is -0.462 e. The number of carbonyl (C=O) groups excluding carboxylic acids is 4. The molecule has 8 heteroatoms. The van der Waals surface area contributed by atoms with Crippen LogP contribution in [0.25, 0.3) is 0 Å². The van der Waals surface area contributed by atoms with E-state index in [-0.39, 0.29) is 18.9 Å². The van der Waals surface area contributed by atoms with E-state index in [9.17, 15) is 19.2 Å². The average Bonchev–Trinajstić information content (AvgIpc) is 2.62. The summed E-state index contributed by atoms with van der Waals surface area (Å²) < 4.78 is 4.89. The van der Waals surface area contributed by atoms with Crippen molar-refractivity contribution in [1.29, 1.82) is 0 Å². The molecule has 3 N–H and O–H groups in total. The maximum atomic E-state index is 12.0. The van der Waals surface area contributed by atoms with E-state index in [0.717, 1.165) is 0 Å². The van der Waals surface area contributed by atoms with E-state index in [2.05, 4.69) is 16.0 Å². The Bertz CT molecular complexity index is 878. The Balaban J connectivity index is 1.88. The minimum absolute atomic E-state index is 0.225. The van der Waals surface area contributed by atoms with Crippen LogP contribution < -0.4 is 16.0 Å². The summed E-state index contributed by atoms with van der Waals surface area (Å²) in [6.07, 6.45) is -0.385. The van der Waals surface area contributed by atoms with Crippen molar-refractivity contribution in [1.82, 2.24) is 0 Å². The summed E-state index contributed by atoms with van der Waals surface area (Å²) in [5, 5.41) is 7.79. The number of anilines is 3. The fourth-order valence-electron chi connectivity index (χ4n) is 2.34. The summed E-state index contributed by atoms with van der Waals surface area (Å²) in [4.78, 5) is 46.7. The molecule has 2 aromatic carbocycles. The number of amides is 3. The molecule has 0 heterocycles. The number of hydrogen-bond donors (Lipinski definition) is 3. The zero-order chi connectivity index (χ0) is 20.5. The van der Waals surface area contributed by atoms with Crippen molar-refractivity contribution in [3.05, 3.63) is 54.1 Å². The van der Waals surface area contributed by atoms with E-state index in [0.29, 0.717) is 22.6 Å². The Labute approximate surface area is 162 Å². The fourth-order valence-corrected chi connectivity index (χ4v) is 2.34. The Hall–Kier alpha value is -3.68. The van der Waals surface area contributed by atoms with Gasteiger partial charge >= 0.3 is 5.97 Å². The van der Waals surface area contributed by atoms with Crippen LogP contribution in [0.5, 0.6) is 0 Å². The van der Waals surface area contributed by atoms with Gasteiger partial charge in [0.05, 0.1) is 12.2 Å². The zero-order valence-electron chi connectivity index (χ0n) is 15.6. The number of nitrogens with one attached hydrogen (secondary N) is 3. The van der Waals surface area contributed by atoms with Gasteiger partial charge in [0.2, 0.25) is 17.7 Å². The molecule has 0 bridgehead atoms. The second-order valence-corrected chi connectivity index (χ2v) is 5.83. The summed E-state index contributed by atoms with van der Waals surface area (Å²) in [6, 6.07) is 12.8. The normalized spacial score (nSPS) is 9.93. The molecule has 0 aliphatic heterocycles. The van der Waals surface area contributed by atoms with Crippen LogP contribution in [-0.4, -0.2) is 30.3 Å². The van der Waals surface area contributed by atoms with E-state index in [1.54, 1.807) is 43.3 Å². The molecule has 0 saturated heterocycles. The lowest BCUT2D eigenvalue weighted by atomic mass is 10.2. The van der Waals surface area contributed by atoms with Gasteiger partial charge in [0.25, 0.3) is 0 Å². The third-order valence-corrected chi connectivity index (χ3v) is 3.47. The molecule has 0 aliphatic rings. The summed E-state index contributed by atoms with van der Waals surface area (Å²) >= 11 is 0. The Morgan fingerprint density at radius 3 is 1.96 bits per heavy atom. The average molecular weight is 383 g/mol. The van der Waals surface area contributed by atoms with Crippen molar-refractivity contribution in [3.63, 3.8) is 0 Å². The topological polar surface area (TPSA) is 114 Å². The molecule has 0 aromatic heterocycles. The van der Waals surface area contributed by atoms with Crippen LogP contribution in [0, 0.1) is 0 Å². The van der Waals surface area contributed by atoms with Gasteiger partial charge < -0.3 is 20.7 Å². The molecule has 3 amide bonds. The van der Waals surface area contributed by atoms with Crippen molar-refractivity contribution >= 4 is 40.8 Å². The summed E-state index contributed by atoms with van der Waals surface area (Å²) in [5.41, 5.74) is 1.83. The Kier molecular flexibility index (Phi) is 7.27. The lowest BCUT2D eigenvalue weighted by Gasteiger charge is -2.09. The van der Waals surface area contributed by atoms with Crippen LogP contribution in [0.15, 0.2) is 48.5 Å². The molecule has 8 nitrogen and oxygen atoms in total. The maximum absolute atomic E-state index is 12.0. The first-order valence-electron chi connectivity index (χ1n) is 8.62. The molecule has 0 radical (unpaired) electrons. The minimum atomic E-state index is -0.501. The molecular weight excluding hydrogens is 362 g/mol. The summed E-state index contributed by atoms with van der Waals surface area (Å²) in [5.74, 6) is -1.67. The molecule has 28 heavy (non-hydrogen) atoms. The third-order valence-electron chi connectivity index (χ3n) is 3.47. The highest BCUT2D eigenvalue weighted by atomic mass is 16.5. The first-order chi connectivity index (χ1) is 13.4. The quantitative estimate of drug-likeness (QED) is 0.503. The standard InChI is InChI=1S/C20H21N3O5/c1-3-28-20(27)14-7-9-15(10-8-14)22-18(25)12-19(26)23-17-6-4-5-16(11-17)21-13(2)24/h4-11H,3,12H2,1-2H3,(H,21,24)(H,22,25)(H,23,26). The van der Waals surface area contributed by atoms with E-state index in [1.165, 1.54) is 19.1 Å². The zero-order valence-corrected chi connectivity index (χ0v) is 15.6. The van der Waals surface area contributed by atoms with Gasteiger partial charge in [-0.05, 0) is 49.4 Å². The monoisotopic (exact) mass is 383 g/mol. The lowest BCUT2D eigenvalue weighted by Crippen LogP contribution is -2.21. The number of benzene rings is 2. The van der Waals surface area contributed by atoms with Crippen molar-refractivity contribution < 1.29 is 23.9 Å². The van der Waals surface area contributed by atoms with Gasteiger partial charge in [-0.15, -0.1) is 0 Å². The highest BCUT2D eigenvalue weighted by Gasteiger charge is 2.11. The highest BCUT2D eigenvalue weighted by Crippen LogP contribution is 2.16. The van der Waals surface area contributed by atoms with E-state index >= 15 is 0 Å². The Morgan fingerprint density at radius 1 is 0.821 bits per heavy atom. The van der Waals surface area contributed by atoms with Crippen LogP contribution in [0.2, 0.25) is 0 Å². The molecule has 0 saturated carbocycles. The van der Waals surface area contributed by atoms with Gasteiger partial charge in [0.1, 0.15) is 6.42 Å². The van der Waals surface area contributed by atoms with E-state index < -0.39 is 17.8 Å². The second-order valence-electron chi connectivity index (χ2n) is 5.83. The molecule has 146 valence electrons. The molecule has 2 rings (SSSR count). The van der Waals surface area contributed by atoms with Crippen molar-refractivity contribution in [2.24, 2.45) is 0 Å². The molecule has 2 aromatic rings. The predicted octanol–water partition coefficient (Wildman–Crippen LogP) is 2.79. The molecule has 0 spiro atoms. The predicted molar refractivity (Wildman–Crippen MR) is 105 cm³/mol. The molecule has 0 fully saturated rings. The SMILES string of the molecule is CCOC(=O)c1ccc(NC(=O)CC(=O)Nc2cccc(NC(C)=O)c2)cc1. The van der Waals surface area contributed by atoms with E-state index in [4.69, 9.17) is 4.74 Å². The van der Waals surface area contributed by atoms with Crippen LogP contribution in [0.4, 0.5) is 17.1 Å². The Morgan fingerprint density at radius 2 is 1.39 bits per heavy atom. The molecule has 0 atom stereocenters. The van der Waals surface area contributed by atoms with Gasteiger partial charge in [-0.3, -0.25) is 14.4 Å². The molecule has 0 unspecified atom stereocenters. The largest absolute Gasteiger partial charge is 0.462 e. The summed E-state index contributed by atoms with van der Waals surface area (Å²) in [6.45, 7) is 3.38. The van der Waals surface area contributed by atoms with Gasteiger partial charge in [-0.25, -0.2) is 4.79 Å². The smallest absolute Gasteiger partial charge is 0.338 e. The number of rotatable bonds is 7. The van der Waals surface area contributed by atoms with Gasteiger partial charge in [0, 0.05) is 24.0 Å². The van der Waals surface area contributed by atoms with Gasteiger partial charge in [-0.2, -0.15) is 0 Å². The maximum Gasteiger partial charge on any atom is 0.338 e. The first-order valence-corrected chi connectivity index (χ1v) is 8.62. The number of ether oxygens (including phenoxy) is 1. The van der Waals surface area contributed by atoms with Crippen LogP contribution in [0.3, 0.4) is 0 Å². The van der Waals surface area contributed by atoms with Crippen molar-refractivity contribution in [3.8, 4) is 0 Å². The lowest BCUT2D eigenvalue weighted by molar-refractivity contribution is -0.123. The highest BCUT2D eigenvalue weighted by molar-refractivity contribution is 6.08. The number of hydrogen-bond acceptors (Lipinski definition) is 5. The molecular formula is C20H21N3O5. The van der Waals surface area contributed by atoms with Gasteiger partial charge in [0.15, 0.2) is 0 Å². The van der Waals surface area contributed by atoms with Crippen molar-refractivity contribution in [2.45, 2.75) is 20.3 Å². The third kappa shape index (κ3) is 6.56. The number of carbonyl (C=O) groups is 4.